The molecule has 0 aliphatic carbocycles. The van der Waals surface area contributed by atoms with E-state index >= 15 is 0 Å². The lowest BCUT2D eigenvalue weighted by Crippen LogP contribution is -2.29. The standard InChI is InChI=1S/C27H26N2O7S/c1-6-36-17-9-7-16(8-10-17)21-20(22(30)19-12-11-18(34-4)13-14(19)2)23(31)25(32)29(21)27-28-15(3)24(37-27)26(33)35-5/h7-13,21,30H,6H2,1-5H3/b22-20+/t21-/m1/s1. The smallest absolute Gasteiger partial charge is 0.350 e. The molecule has 1 aliphatic rings. The predicted molar refractivity (Wildman–Crippen MR) is 138 cm³/mol. The molecule has 9 nitrogen and oxygen atoms in total. The lowest BCUT2D eigenvalue weighted by Gasteiger charge is -2.23. The van der Waals surface area contributed by atoms with E-state index in [9.17, 15) is 19.5 Å². The highest BCUT2D eigenvalue weighted by atomic mass is 32.1. The van der Waals surface area contributed by atoms with Gasteiger partial charge in [0.05, 0.1) is 38.1 Å². The fourth-order valence-corrected chi connectivity index (χ4v) is 5.21. The van der Waals surface area contributed by atoms with Gasteiger partial charge in [-0.1, -0.05) is 23.5 Å². The Morgan fingerprint density at radius 3 is 2.35 bits per heavy atom. The number of methoxy groups -OCH3 is 2. The summed E-state index contributed by atoms with van der Waals surface area (Å²) in [7, 11) is 2.79. The summed E-state index contributed by atoms with van der Waals surface area (Å²) < 4.78 is 15.6. The van der Waals surface area contributed by atoms with E-state index in [2.05, 4.69) is 4.98 Å². The Bertz CT molecular complexity index is 1410. The van der Waals surface area contributed by atoms with Gasteiger partial charge in [0.15, 0.2) is 5.13 Å². The Hall–Kier alpha value is -4.18. The van der Waals surface area contributed by atoms with E-state index in [1.807, 2.05) is 6.92 Å². The highest BCUT2D eigenvalue weighted by molar-refractivity contribution is 7.17. The van der Waals surface area contributed by atoms with Crippen molar-refractivity contribution in [3.8, 4) is 11.5 Å². The van der Waals surface area contributed by atoms with E-state index in [4.69, 9.17) is 14.2 Å². The summed E-state index contributed by atoms with van der Waals surface area (Å²) >= 11 is 0.944. The van der Waals surface area contributed by atoms with Crippen LogP contribution >= 0.6 is 11.3 Å². The van der Waals surface area contributed by atoms with E-state index in [1.54, 1.807) is 56.3 Å². The van der Waals surface area contributed by atoms with Gasteiger partial charge in [-0.15, -0.1) is 0 Å². The second-order valence-electron chi connectivity index (χ2n) is 8.25. The number of aliphatic hydroxyl groups excluding tert-OH is 1. The van der Waals surface area contributed by atoms with Crippen LogP contribution in [0.15, 0.2) is 48.0 Å². The van der Waals surface area contributed by atoms with Gasteiger partial charge in [0, 0.05) is 5.56 Å². The van der Waals surface area contributed by atoms with Crippen molar-refractivity contribution in [1.29, 1.82) is 0 Å². The summed E-state index contributed by atoms with van der Waals surface area (Å²) in [6.07, 6.45) is 0. The average molecular weight is 523 g/mol. The van der Waals surface area contributed by atoms with Gasteiger partial charge in [-0.3, -0.25) is 14.5 Å². The first-order valence-corrected chi connectivity index (χ1v) is 12.3. The number of hydrogen-bond acceptors (Lipinski definition) is 9. The van der Waals surface area contributed by atoms with Crippen molar-refractivity contribution < 1.29 is 33.7 Å². The number of carbonyl (C=O) groups is 3. The first-order valence-electron chi connectivity index (χ1n) is 11.5. The molecule has 1 atom stereocenters. The predicted octanol–water partition coefficient (Wildman–Crippen LogP) is 4.58. The number of aryl methyl sites for hydroxylation is 2. The normalized spacial score (nSPS) is 16.7. The molecule has 10 heteroatoms. The maximum Gasteiger partial charge on any atom is 0.350 e. The van der Waals surface area contributed by atoms with Crippen LogP contribution < -0.4 is 14.4 Å². The molecular weight excluding hydrogens is 496 g/mol. The molecule has 1 saturated heterocycles. The molecule has 0 spiro atoms. The lowest BCUT2D eigenvalue weighted by molar-refractivity contribution is -0.132. The molecule has 37 heavy (non-hydrogen) atoms. The van der Waals surface area contributed by atoms with Gasteiger partial charge in [0.2, 0.25) is 0 Å². The number of nitrogens with zero attached hydrogens (tertiary/aromatic N) is 2. The fourth-order valence-electron chi connectivity index (χ4n) is 4.20. The summed E-state index contributed by atoms with van der Waals surface area (Å²) in [5.41, 5.74) is 1.88. The van der Waals surface area contributed by atoms with Crippen molar-refractivity contribution in [1.82, 2.24) is 4.98 Å². The molecule has 1 aromatic heterocycles. The third kappa shape index (κ3) is 4.67. The molecule has 1 N–H and O–H groups in total. The summed E-state index contributed by atoms with van der Waals surface area (Å²) in [5.74, 6) is -1.43. The van der Waals surface area contributed by atoms with Crippen LogP contribution in [0.1, 0.15) is 45.0 Å². The quantitative estimate of drug-likeness (QED) is 0.208. The van der Waals surface area contributed by atoms with Gasteiger partial charge < -0.3 is 19.3 Å². The van der Waals surface area contributed by atoms with Gasteiger partial charge in [-0.25, -0.2) is 9.78 Å². The first-order chi connectivity index (χ1) is 17.7. The number of hydrogen-bond donors (Lipinski definition) is 1. The summed E-state index contributed by atoms with van der Waals surface area (Å²) in [6, 6.07) is 10.9. The van der Waals surface area contributed by atoms with Crippen LogP contribution in [0.2, 0.25) is 0 Å². The maximum atomic E-state index is 13.4. The summed E-state index contributed by atoms with van der Waals surface area (Å²) in [4.78, 5) is 44.8. The van der Waals surface area contributed by atoms with Crippen molar-refractivity contribution in [2.45, 2.75) is 26.8 Å². The molecule has 192 valence electrons. The molecule has 0 unspecified atom stereocenters. The minimum Gasteiger partial charge on any atom is -0.507 e. The number of benzene rings is 2. The van der Waals surface area contributed by atoms with Crippen LogP contribution in [0.25, 0.3) is 5.76 Å². The number of aliphatic hydroxyl groups is 1. The molecule has 4 rings (SSSR count). The van der Waals surface area contributed by atoms with Crippen LogP contribution in [-0.2, 0) is 14.3 Å². The third-order valence-electron chi connectivity index (χ3n) is 6.00. The van der Waals surface area contributed by atoms with Crippen LogP contribution in [0.3, 0.4) is 0 Å². The van der Waals surface area contributed by atoms with Crippen LogP contribution in [0.5, 0.6) is 11.5 Å². The van der Waals surface area contributed by atoms with Gasteiger partial charge in [-0.05, 0) is 62.2 Å². The topological polar surface area (TPSA) is 115 Å². The average Bonchev–Trinajstić information content (AvgIpc) is 3.40. The molecule has 0 saturated carbocycles. The maximum absolute atomic E-state index is 13.4. The molecular formula is C27H26N2O7S. The van der Waals surface area contributed by atoms with Crippen molar-refractivity contribution in [3.63, 3.8) is 0 Å². The number of anilines is 1. The minimum absolute atomic E-state index is 0.0881. The summed E-state index contributed by atoms with van der Waals surface area (Å²) in [6.45, 7) is 5.73. The molecule has 1 amide bonds. The van der Waals surface area contributed by atoms with Gasteiger partial charge >= 0.3 is 11.9 Å². The molecule has 2 heterocycles. The number of ether oxygens (including phenoxy) is 3. The minimum atomic E-state index is -0.992. The fraction of sp³-hybridized carbons (Fsp3) is 0.259. The molecule has 1 aliphatic heterocycles. The van der Waals surface area contributed by atoms with E-state index < -0.39 is 23.7 Å². The van der Waals surface area contributed by atoms with Crippen molar-refractivity contribution in [2.75, 3.05) is 25.7 Å². The first kappa shape index (κ1) is 25.9. The number of aromatic nitrogens is 1. The van der Waals surface area contributed by atoms with E-state index in [1.165, 1.54) is 19.1 Å². The van der Waals surface area contributed by atoms with E-state index in [-0.39, 0.29) is 21.3 Å². The highest BCUT2D eigenvalue weighted by Gasteiger charge is 2.48. The number of carbonyl (C=O) groups excluding carboxylic acids is 3. The molecule has 1 fully saturated rings. The number of amides is 1. The van der Waals surface area contributed by atoms with E-state index in [0.717, 1.165) is 11.3 Å². The zero-order valence-corrected chi connectivity index (χ0v) is 21.8. The number of ketones is 1. The lowest BCUT2D eigenvalue weighted by atomic mass is 9.94. The molecule has 3 aromatic rings. The van der Waals surface area contributed by atoms with Gasteiger partial charge in [0.25, 0.3) is 5.78 Å². The number of esters is 1. The van der Waals surface area contributed by atoms with Crippen molar-refractivity contribution in [3.05, 3.63) is 75.3 Å². The van der Waals surface area contributed by atoms with E-state index in [0.29, 0.717) is 40.5 Å². The monoisotopic (exact) mass is 522 g/mol. The van der Waals surface area contributed by atoms with Crippen molar-refractivity contribution in [2.24, 2.45) is 0 Å². The molecule has 0 bridgehead atoms. The van der Waals surface area contributed by atoms with Crippen LogP contribution in [0.4, 0.5) is 5.13 Å². The van der Waals surface area contributed by atoms with Crippen LogP contribution in [-0.4, -0.2) is 48.6 Å². The largest absolute Gasteiger partial charge is 0.507 e. The second kappa shape index (κ2) is 10.4. The third-order valence-corrected chi connectivity index (χ3v) is 7.14. The van der Waals surface area contributed by atoms with Crippen LogP contribution in [0, 0.1) is 13.8 Å². The zero-order valence-electron chi connectivity index (χ0n) is 21.0. The second-order valence-corrected chi connectivity index (χ2v) is 9.23. The Kier molecular flexibility index (Phi) is 7.30. The Labute approximate surface area is 217 Å². The Balaban J connectivity index is 1.92. The molecule has 2 aromatic carbocycles. The zero-order chi connectivity index (χ0) is 26.9. The highest BCUT2D eigenvalue weighted by Crippen LogP contribution is 2.44. The Morgan fingerprint density at radius 2 is 1.76 bits per heavy atom. The SMILES string of the molecule is CCOc1ccc([C@@H]2/C(=C(\O)c3ccc(OC)cc3C)C(=O)C(=O)N2c2nc(C)c(C(=O)OC)s2)cc1. The number of thiazole rings is 1. The molecule has 0 radical (unpaired) electrons. The Morgan fingerprint density at radius 1 is 1.08 bits per heavy atom. The number of rotatable bonds is 7. The number of Topliss-reactive ketones (excluding diaryl/α,β-unsaturated/α-hetero) is 1. The van der Waals surface area contributed by atoms with Crippen molar-refractivity contribution >= 4 is 39.9 Å². The van der Waals surface area contributed by atoms with Gasteiger partial charge in [0.1, 0.15) is 22.1 Å². The van der Waals surface area contributed by atoms with Gasteiger partial charge in [-0.2, -0.15) is 0 Å². The summed E-state index contributed by atoms with van der Waals surface area (Å²) in [5, 5.41) is 11.5.